The molecule has 1 fully saturated rings. The molecule has 5 rings (SSSR count). The van der Waals surface area contributed by atoms with E-state index < -0.39 is 0 Å². The number of pyridine rings is 2. The van der Waals surface area contributed by atoms with Gasteiger partial charge >= 0.3 is 0 Å². The zero-order valence-corrected chi connectivity index (χ0v) is 22.3. The number of nitrogens with zero attached hydrogens (tertiary/aromatic N) is 7. The molecule has 194 valence electrons. The zero-order chi connectivity index (χ0) is 26.5. The fourth-order valence-electron chi connectivity index (χ4n) is 4.68. The highest BCUT2D eigenvalue weighted by Gasteiger charge is 2.28. The Hall–Kier alpha value is -3.92. The number of carbonyl (C=O) groups is 2. The van der Waals surface area contributed by atoms with E-state index >= 15 is 0 Å². The standard InChI is InChI=1S/C28H29N7O2S/c1-18-13-19(2)30-22(14-18)7-9-26(37)27-33-34-28(38-27)35-12-10-20(17-35)25-8-6-23(31-32-25)16-24(36)15-21-5-3-4-11-29-21/h3-6,8,11,13-14,20H,7,9-10,12,15-17H2,1-2H3/t20-/m1/s1. The highest BCUT2D eigenvalue weighted by atomic mass is 32.1. The molecule has 0 N–H and O–H groups in total. The van der Waals surface area contributed by atoms with Gasteiger partial charge in [-0.3, -0.25) is 19.6 Å². The average Bonchev–Trinajstić information content (AvgIpc) is 3.58. The van der Waals surface area contributed by atoms with Crippen LogP contribution in [0.2, 0.25) is 0 Å². The first-order valence-electron chi connectivity index (χ1n) is 12.7. The normalized spacial score (nSPS) is 15.1. The molecule has 10 heteroatoms. The summed E-state index contributed by atoms with van der Waals surface area (Å²) < 4.78 is 0. The molecule has 0 saturated carbocycles. The Morgan fingerprint density at radius 1 is 0.974 bits per heavy atom. The Morgan fingerprint density at radius 3 is 2.61 bits per heavy atom. The van der Waals surface area contributed by atoms with Crippen LogP contribution in [-0.2, 0) is 24.1 Å². The molecule has 0 unspecified atom stereocenters. The summed E-state index contributed by atoms with van der Waals surface area (Å²) in [4.78, 5) is 36.0. The van der Waals surface area contributed by atoms with Crippen LogP contribution >= 0.6 is 11.3 Å². The summed E-state index contributed by atoms with van der Waals surface area (Å²) in [7, 11) is 0. The van der Waals surface area contributed by atoms with Gasteiger partial charge in [0.2, 0.25) is 5.13 Å². The molecule has 0 aliphatic carbocycles. The highest BCUT2D eigenvalue weighted by molar-refractivity contribution is 7.17. The summed E-state index contributed by atoms with van der Waals surface area (Å²) in [6.45, 7) is 5.55. The second-order valence-corrected chi connectivity index (χ2v) is 10.6. The summed E-state index contributed by atoms with van der Waals surface area (Å²) in [6.07, 6.45) is 4.07. The molecule has 1 atom stereocenters. The summed E-state index contributed by atoms with van der Waals surface area (Å²) in [5, 5.41) is 18.4. The first-order chi connectivity index (χ1) is 18.4. The van der Waals surface area contributed by atoms with Crippen LogP contribution in [0.5, 0.6) is 0 Å². The Bertz CT molecular complexity index is 1400. The van der Waals surface area contributed by atoms with Gasteiger partial charge in [0.1, 0.15) is 5.78 Å². The molecule has 0 bridgehead atoms. The molecule has 4 aromatic heterocycles. The zero-order valence-electron chi connectivity index (χ0n) is 21.5. The van der Waals surface area contributed by atoms with Crippen molar-refractivity contribution in [3.8, 4) is 0 Å². The number of carbonyl (C=O) groups excluding carboxylic acids is 2. The molecule has 0 radical (unpaired) electrons. The van der Waals surface area contributed by atoms with E-state index in [0.29, 0.717) is 23.5 Å². The Labute approximate surface area is 225 Å². The first-order valence-corrected chi connectivity index (χ1v) is 13.5. The second kappa shape index (κ2) is 11.6. The van der Waals surface area contributed by atoms with Crippen LogP contribution in [0.1, 0.15) is 62.6 Å². The number of rotatable bonds is 10. The van der Waals surface area contributed by atoms with Crippen molar-refractivity contribution >= 4 is 28.0 Å². The maximum atomic E-state index is 12.7. The lowest BCUT2D eigenvalue weighted by Gasteiger charge is -2.13. The second-order valence-electron chi connectivity index (χ2n) is 9.68. The molecule has 5 heterocycles. The molecule has 0 amide bonds. The van der Waals surface area contributed by atoms with Gasteiger partial charge in [-0.1, -0.05) is 17.4 Å². The summed E-state index contributed by atoms with van der Waals surface area (Å²) in [5.41, 5.74) is 5.35. The van der Waals surface area contributed by atoms with Gasteiger partial charge in [0.05, 0.1) is 17.8 Å². The van der Waals surface area contributed by atoms with Crippen LogP contribution in [0, 0.1) is 13.8 Å². The van der Waals surface area contributed by atoms with Gasteiger partial charge in [-0.2, -0.15) is 10.2 Å². The molecular formula is C28H29N7O2S. The minimum atomic E-state index is -0.00972. The Kier molecular flexibility index (Phi) is 7.88. The SMILES string of the molecule is Cc1cc(C)nc(CCC(=O)c2nnc(N3CC[C@@H](c4ccc(CC(=O)Cc5ccccn5)nn4)C3)s2)c1. The van der Waals surface area contributed by atoms with Crippen molar-refractivity contribution in [2.75, 3.05) is 18.0 Å². The molecule has 1 aliphatic rings. The predicted octanol–water partition coefficient (Wildman–Crippen LogP) is 3.90. The lowest BCUT2D eigenvalue weighted by molar-refractivity contribution is -0.117. The summed E-state index contributed by atoms with van der Waals surface area (Å²) in [5.74, 6) is 0.258. The van der Waals surface area contributed by atoms with E-state index in [1.807, 2.05) is 56.3 Å². The number of hydrogen-bond acceptors (Lipinski definition) is 10. The Balaban J connectivity index is 1.13. The van der Waals surface area contributed by atoms with E-state index in [0.717, 1.165) is 53.0 Å². The van der Waals surface area contributed by atoms with E-state index in [2.05, 4.69) is 35.3 Å². The minimum absolute atomic E-state index is 0.00972. The lowest BCUT2D eigenvalue weighted by atomic mass is 10.0. The number of Topliss-reactive ketones (excluding diaryl/α,β-unsaturated/α-hetero) is 2. The predicted molar refractivity (Wildman–Crippen MR) is 145 cm³/mol. The lowest BCUT2D eigenvalue weighted by Crippen LogP contribution is -2.19. The van der Waals surface area contributed by atoms with Crippen LogP contribution in [-0.4, -0.2) is 55.0 Å². The minimum Gasteiger partial charge on any atom is -0.346 e. The fourth-order valence-corrected chi connectivity index (χ4v) is 5.53. The summed E-state index contributed by atoms with van der Waals surface area (Å²) in [6, 6.07) is 13.4. The number of hydrogen-bond donors (Lipinski definition) is 0. The summed E-state index contributed by atoms with van der Waals surface area (Å²) >= 11 is 1.34. The van der Waals surface area contributed by atoms with E-state index in [9.17, 15) is 9.59 Å². The molecule has 0 spiro atoms. The highest BCUT2D eigenvalue weighted by Crippen LogP contribution is 2.31. The van der Waals surface area contributed by atoms with Crippen molar-refractivity contribution in [2.24, 2.45) is 0 Å². The topological polar surface area (TPSA) is 115 Å². The van der Waals surface area contributed by atoms with E-state index in [1.54, 1.807) is 6.20 Å². The van der Waals surface area contributed by atoms with Crippen LogP contribution in [0.3, 0.4) is 0 Å². The first kappa shape index (κ1) is 25.7. The van der Waals surface area contributed by atoms with Crippen LogP contribution in [0.4, 0.5) is 5.13 Å². The largest absolute Gasteiger partial charge is 0.346 e. The fraction of sp³-hybridized carbons (Fsp3) is 0.357. The van der Waals surface area contributed by atoms with Crippen molar-refractivity contribution in [3.05, 3.63) is 87.7 Å². The monoisotopic (exact) mass is 527 g/mol. The molecule has 38 heavy (non-hydrogen) atoms. The van der Waals surface area contributed by atoms with Gasteiger partial charge < -0.3 is 4.90 Å². The third-order valence-corrected chi connectivity index (χ3v) is 7.54. The number of ketones is 2. The Morgan fingerprint density at radius 2 is 1.84 bits per heavy atom. The number of aryl methyl sites for hydroxylation is 3. The van der Waals surface area contributed by atoms with Gasteiger partial charge in [0, 0.05) is 55.1 Å². The molecular weight excluding hydrogens is 498 g/mol. The van der Waals surface area contributed by atoms with Crippen molar-refractivity contribution in [2.45, 2.75) is 51.9 Å². The van der Waals surface area contributed by atoms with Gasteiger partial charge in [-0.15, -0.1) is 10.2 Å². The van der Waals surface area contributed by atoms with Crippen LogP contribution < -0.4 is 4.90 Å². The van der Waals surface area contributed by atoms with Gasteiger partial charge in [0.25, 0.3) is 0 Å². The van der Waals surface area contributed by atoms with E-state index in [1.165, 1.54) is 11.3 Å². The molecule has 4 aromatic rings. The van der Waals surface area contributed by atoms with E-state index in [4.69, 9.17) is 0 Å². The molecule has 1 saturated heterocycles. The van der Waals surface area contributed by atoms with Crippen molar-refractivity contribution < 1.29 is 9.59 Å². The van der Waals surface area contributed by atoms with Gasteiger partial charge in [-0.05, 0) is 68.7 Å². The third kappa shape index (κ3) is 6.49. The maximum Gasteiger partial charge on any atom is 0.208 e. The number of aromatic nitrogens is 6. The smallest absolute Gasteiger partial charge is 0.208 e. The average molecular weight is 528 g/mol. The number of anilines is 1. The van der Waals surface area contributed by atoms with E-state index in [-0.39, 0.29) is 30.3 Å². The quantitative estimate of drug-likeness (QED) is 0.283. The van der Waals surface area contributed by atoms with Crippen molar-refractivity contribution in [1.82, 2.24) is 30.4 Å². The molecule has 9 nitrogen and oxygen atoms in total. The van der Waals surface area contributed by atoms with Crippen LogP contribution in [0.25, 0.3) is 0 Å². The molecule has 1 aliphatic heterocycles. The van der Waals surface area contributed by atoms with Crippen LogP contribution in [0.15, 0.2) is 48.7 Å². The third-order valence-electron chi connectivity index (χ3n) is 6.51. The van der Waals surface area contributed by atoms with Gasteiger partial charge in [-0.25, -0.2) is 0 Å². The van der Waals surface area contributed by atoms with Crippen molar-refractivity contribution in [3.63, 3.8) is 0 Å². The maximum absolute atomic E-state index is 12.7. The van der Waals surface area contributed by atoms with Crippen molar-refractivity contribution in [1.29, 1.82) is 0 Å². The van der Waals surface area contributed by atoms with Gasteiger partial charge in [0.15, 0.2) is 10.8 Å². The molecule has 0 aromatic carbocycles.